The fourth-order valence-electron chi connectivity index (χ4n) is 2.26. The van der Waals surface area contributed by atoms with Gasteiger partial charge in [-0.25, -0.2) is 4.52 Å². The number of aromatic nitrogens is 3. The van der Waals surface area contributed by atoms with Crippen LogP contribution in [0.1, 0.15) is 21.5 Å². The molecule has 2 heterocycles. The number of hydrogen-bond donors (Lipinski definition) is 1. The van der Waals surface area contributed by atoms with Crippen molar-refractivity contribution in [3.8, 4) is 0 Å². The van der Waals surface area contributed by atoms with Crippen LogP contribution in [0.3, 0.4) is 0 Å². The molecule has 0 unspecified atom stereocenters. The first-order chi connectivity index (χ1) is 10.1. The van der Waals surface area contributed by atoms with Crippen molar-refractivity contribution in [2.75, 3.05) is 5.32 Å². The van der Waals surface area contributed by atoms with Crippen LogP contribution in [-0.4, -0.2) is 20.5 Å². The fourth-order valence-corrected chi connectivity index (χ4v) is 3.04. The number of hydrogen-bond acceptors (Lipinski definition) is 3. The van der Waals surface area contributed by atoms with Crippen molar-refractivity contribution in [1.82, 2.24) is 14.6 Å². The predicted molar refractivity (Wildman–Crippen MR) is 84.6 cm³/mol. The van der Waals surface area contributed by atoms with Crippen molar-refractivity contribution in [2.45, 2.75) is 13.8 Å². The summed E-state index contributed by atoms with van der Waals surface area (Å²) in [5.74, 6) is -0.203. The van der Waals surface area contributed by atoms with E-state index >= 15 is 0 Å². The number of halogens is 1. The summed E-state index contributed by atoms with van der Waals surface area (Å²) >= 11 is 3.49. The zero-order valence-electron chi connectivity index (χ0n) is 11.6. The number of carbonyl (C=O) groups is 1. The largest absolute Gasteiger partial charge is 0.321 e. The van der Waals surface area contributed by atoms with Gasteiger partial charge in [0, 0.05) is 16.9 Å². The normalized spacial score (nSPS) is 10.8. The lowest BCUT2D eigenvalue weighted by atomic mass is 10.1. The molecule has 106 valence electrons. The summed E-state index contributed by atoms with van der Waals surface area (Å²) in [7, 11) is 0. The molecule has 3 aromatic rings. The molecule has 0 saturated carbocycles. The van der Waals surface area contributed by atoms with Crippen molar-refractivity contribution < 1.29 is 4.79 Å². The Morgan fingerprint density at radius 1 is 1.29 bits per heavy atom. The first-order valence-electron chi connectivity index (χ1n) is 6.41. The number of nitrogens with zero attached hydrogens (tertiary/aromatic N) is 3. The van der Waals surface area contributed by atoms with Crippen molar-refractivity contribution in [3.05, 3.63) is 58.1 Å². The maximum Gasteiger partial charge on any atom is 0.259 e. The molecule has 3 rings (SSSR count). The number of anilines is 1. The molecular formula is C15H13BrN4O. The lowest BCUT2D eigenvalue weighted by Crippen LogP contribution is -2.13. The van der Waals surface area contributed by atoms with Crippen LogP contribution in [-0.2, 0) is 0 Å². The molecule has 6 heteroatoms. The molecule has 1 amide bonds. The van der Waals surface area contributed by atoms with Crippen molar-refractivity contribution >= 4 is 33.0 Å². The zero-order valence-corrected chi connectivity index (χ0v) is 13.2. The highest BCUT2D eigenvalue weighted by Crippen LogP contribution is 2.28. The van der Waals surface area contributed by atoms with Crippen LogP contribution < -0.4 is 5.32 Å². The van der Waals surface area contributed by atoms with Crippen molar-refractivity contribution in [1.29, 1.82) is 0 Å². The second-order valence-corrected chi connectivity index (χ2v) is 5.71. The van der Waals surface area contributed by atoms with Crippen LogP contribution in [0.5, 0.6) is 0 Å². The fraction of sp³-hybridized carbons (Fsp3) is 0.133. The minimum absolute atomic E-state index is 0.203. The SMILES string of the molecule is Cc1cc(C)c(NC(=O)c2cnn3ccncc23)c(Br)c1. The van der Waals surface area contributed by atoms with Gasteiger partial charge in [0.25, 0.3) is 5.91 Å². The van der Waals surface area contributed by atoms with E-state index in [1.165, 1.54) is 0 Å². The average molecular weight is 345 g/mol. The molecule has 2 aromatic heterocycles. The highest BCUT2D eigenvalue weighted by Gasteiger charge is 2.15. The first kappa shape index (κ1) is 13.8. The van der Waals surface area contributed by atoms with Gasteiger partial charge in [0.05, 0.1) is 29.2 Å². The van der Waals surface area contributed by atoms with Crippen LogP contribution in [0.4, 0.5) is 5.69 Å². The number of rotatable bonds is 2. The molecule has 1 aromatic carbocycles. The number of aryl methyl sites for hydroxylation is 2. The molecule has 0 aliphatic rings. The second-order valence-electron chi connectivity index (χ2n) is 4.86. The van der Waals surface area contributed by atoms with Gasteiger partial charge in [-0.3, -0.25) is 9.78 Å². The molecule has 5 nitrogen and oxygen atoms in total. The summed E-state index contributed by atoms with van der Waals surface area (Å²) in [5, 5.41) is 7.08. The molecule has 0 aliphatic heterocycles. The number of carbonyl (C=O) groups excluding carboxylic acids is 1. The quantitative estimate of drug-likeness (QED) is 0.775. The van der Waals surface area contributed by atoms with Gasteiger partial charge in [-0.1, -0.05) is 6.07 Å². The average Bonchev–Trinajstić information content (AvgIpc) is 2.86. The second kappa shape index (κ2) is 5.29. The maximum absolute atomic E-state index is 12.5. The van der Waals surface area contributed by atoms with E-state index in [0.717, 1.165) is 21.3 Å². The van der Waals surface area contributed by atoms with E-state index in [-0.39, 0.29) is 5.91 Å². The zero-order chi connectivity index (χ0) is 15.0. The minimum atomic E-state index is -0.203. The smallest absolute Gasteiger partial charge is 0.259 e. The van der Waals surface area contributed by atoms with Crippen LogP contribution in [0.25, 0.3) is 5.52 Å². The third-order valence-electron chi connectivity index (χ3n) is 3.24. The highest BCUT2D eigenvalue weighted by atomic mass is 79.9. The highest BCUT2D eigenvalue weighted by molar-refractivity contribution is 9.10. The van der Waals surface area contributed by atoms with Gasteiger partial charge in [-0.2, -0.15) is 5.10 Å². The lowest BCUT2D eigenvalue weighted by Gasteiger charge is -2.11. The Labute approximate surface area is 130 Å². The number of nitrogens with one attached hydrogen (secondary N) is 1. The molecule has 0 aliphatic carbocycles. The number of fused-ring (bicyclic) bond motifs is 1. The van der Waals surface area contributed by atoms with E-state index in [1.54, 1.807) is 29.3 Å². The summed E-state index contributed by atoms with van der Waals surface area (Å²) in [6.45, 7) is 3.98. The Hall–Kier alpha value is -2.21. The Morgan fingerprint density at radius 3 is 2.86 bits per heavy atom. The van der Waals surface area contributed by atoms with Crippen LogP contribution in [0.2, 0.25) is 0 Å². The van der Waals surface area contributed by atoms with Gasteiger partial charge in [-0.15, -0.1) is 0 Å². The van der Waals surface area contributed by atoms with Gasteiger partial charge in [0.2, 0.25) is 0 Å². The molecule has 0 fully saturated rings. The molecule has 21 heavy (non-hydrogen) atoms. The summed E-state index contributed by atoms with van der Waals surface area (Å²) in [5.41, 5.74) is 4.09. The topological polar surface area (TPSA) is 59.3 Å². The van der Waals surface area contributed by atoms with Gasteiger partial charge in [0.1, 0.15) is 0 Å². The Balaban J connectivity index is 1.97. The third-order valence-corrected chi connectivity index (χ3v) is 3.87. The summed E-state index contributed by atoms with van der Waals surface area (Å²) in [6, 6.07) is 4.00. The van der Waals surface area contributed by atoms with E-state index in [1.807, 2.05) is 26.0 Å². The first-order valence-corrected chi connectivity index (χ1v) is 7.21. The lowest BCUT2D eigenvalue weighted by molar-refractivity contribution is 0.102. The van der Waals surface area contributed by atoms with E-state index in [2.05, 4.69) is 31.3 Å². The van der Waals surface area contributed by atoms with E-state index in [0.29, 0.717) is 11.1 Å². The summed E-state index contributed by atoms with van der Waals surface area (Å²) in [6.07, 6.45) is 6.50. The standard InChI is InChI=1S/C15H13BrN4O/c1-9-5-10(2)14(12(16)6-9)19-15(21)11-7-18-20-4-3-17-8-13(11)20/h3-8H,1-2H3,(H,19,21). The summed E-state index contributed by atoms with van der Waals surface area (Å²) in [4.78, 5) is 16.5. The Kier molecular flexibility index (Phi) is 3.47. The van der Waals surface area contributed by atoms with Crippen LogP contribution in [0, 0.1) is 13.8 Å². The van der Waals surface area contributed by atoms with E-state index in [9.17, 15) is 4.79 Å². The van der Waals surface area contributed by atoms with Crippen LogP contribution in [0.15, 0.2) is 41.4 Å². The van der Waals surface area contributed by atoms with Gasteiger partial charge < -0.3 is 5.32 Å². The monoisotopic (exact) mass is 344 g/mol. The third kappa shape index (κ3) is 2.54. The van der Waals surface area contributed by atoms with Gasteiger partial charge in [0.15, 0.2) is 0 Å². The van der Waals surface area contributed by atoms with Crippen molar-refractivity contribution in [2.24, 2.45) is 0 Å². The predicted octanol–water partition coefficient (Wildman–Crippen LogP) is 3.36. The number of benzene rings is 1. The molecule has 0 atom stereocenters. The molecule has 0 bridgehead atoms. The van der Waals surface area contributed by atoms with Crippen molar-refractivity contribution in [3.63, 3.8) is 0 Å². The van der Waals surface area contributed by atoms with Crippen LogP contribution >= 0.6 is 15.9 Å². The van der Waals surface area contributed by atoms with Gasteiger partial charge >= 0.3 is 0 Å². The molecule has 1 N–H and O–H groups in total. The maximum atomic E-state index is 12.5. The molecule has 0 spiro atoms. The molecular weight excluding hydrogens is 332 g/mol. The Bertz CT molecular complexity index is 818. The van der Waals surface area contributed by atoms with Gasteiger partial charge in [-0.05, 0) is 47.0 Å². The molecule has 0 saturated heterocycles. The summed E-state index contributed by atoms with van der Waals surface area (Å²) < 4.78 is 2.49. The van der Waals surface area contributed by atoms with E-state index < -0.39 is 0 Å². The number of amides is 1. The molecule has 0 radical (unpaired) electrons. The minimum Gasteiger partial charge on any atom is -0.321 e. The van der Waals surface area contributed by atoms with E-state index in [4.69, 9.17) is 0 Å². The Morgan fingerprint density at radius 2 is 2.10 bits per heavy atom.